The molecule has 1 heterocycles. The van der Waals surface area contributed by atoms with Crippen LogP contribution in [-0.2, 0) is 16.0 Å². The van der Waals surface area contributed by atoms with Gasteiger partial charge in [-0.1, -0.05) is 13.0 Å². The molecule has 2 rings (SSSR count). The Morgan fingerprint density at radius 1 is 1.40 bits per heavy atom. The van der Waals surface area contributed by atoms with E-state index in [4.69, 9.17) is 19.3 Å². The molecule has 1 aromatic carbocycles. The Kier molecular flexibility index (Phi) is 4.84. The highest BCUT2D eigenvalue weighted by molar-refractivity contribution is 5.72. The second-order valence-electron chi connectivity index (χ2n) is 4.81. The smallest absolute Gasteiger partial charge is 0.332 e. The van der Waals surface area contributed by atoms with E-state index in [1.54, 1.807) is 7.11 Å². The quantitative estimate of drug-likeness (QED) is 0.866. The first-order valence-corrected chi connectivity index (χ1v) is 6.82. The summed E-state index contributed by atoms with van der Waals surface area (Å²) in [4.78, 5) is 10.8. The average molecular weight is 280 g/mol. The number of ether oxygens (including phenoxy) is 3. The molecule has 0 amide bonds. The number of carboxylic acid groups (broad SMARTS) is 1. The third kappa shape index (κ3) is 3.42. The summed E-state index contributed by atoms with van der Waals surface area (Å²) in [6, 6.07) is 5.82. The SMILES string of the molecule is CCc1ccc(OCC2CCC(C(=O)O)O2)c(OC)c1. The zero-order chi connectivity index (χ0) is 14.5. The summed E-state index contributed by atoms with van der Waals surface area (Å²) in [7, 11) is 1.61. The molecule has 0 spiro atoms. The van der Waals surface area contributed by atoms with Crippen molar-refractivity contribution in [3.05, 3.63) is 23.8 Å². The van der Waals surface area contributed by atoms with Crippen molar-refractivity contribution in [1.82, 2.24) is 0 Å². The Labute approximate surface area is 118 Å². The molecular weight excluding hydrogens is 260 g/mol. The number of rotatable bonds is 6. The first-order valence-electron chi connectivity index (χ1n) is 6.82. The summed E-state index contributed by atoms with van der Waals surface area (Å²) in [6.45, 7) is 2.42. The number of hydrogen-bond acceptors (Lipinski definition) is 4. The zero-order valence-corrected chi connectivity index (χ0v) is 11.8. The first-order chi connectivity index (χ1) is 9.63. The van der Waals surface area contributed by atoms with Crippen LogP contribution in [0.5, 0.6) is 11.5 Å². The monoisotopic (exact) mass is 280 g/mol. The van der Waals surface area contributed by atoms with Crippen molar-refractivity contribution in [3.8, 4) is 11.5 Å². The molecule has 1 aliphatic rings. The van der Waals surface area contributed by atoms with Crippen molar-refractivity contribution >= 4 is 5.97 Å². The van der Waals surface area contributed by atoms with Crippen molar-refractivity contribution in [2.75, 3.05) is 13.7 Å². The van der Waals surface area contributed by atoms with Crippen molar-refractivity contribution in [3.63, 3.8) is 0 Å². The van der Waals surface area contributed by atoms with E-state index in [-0.39, 0.29) is 6.10 Å². The third-order valence-electron chi connectivity index (χ3n) is 3.44. The lowest BCUT2D eigenvalue weighted by molar-refractivity contribution is -0.149. The average Bonchev–Trinajstić information content (AvgIpc) is 2.94. The molecule has 20 heavy (non-hydrogen) atoms. The summed E-state index contributed by atoms with van der Waals surface area (Å²) in [5, 5.41) is 8.87. The van der Waals surface area contributed by atoms with Crippen molar-refractivity contribution in [2.45, 2.75) is 38.4 Å². The topological polar surface area (TPSA) is 65.0 Å². The van der Waals surface area contributed by atoms with Gasteiger partial charge in [0.05, 0.1) is 13.2 Å². The minimum absolute atomic E-state index is 0.174. The van der Waals surface area contributed by atoms with Crippen LogP contribution in [0.15, 0.2) is 18.2 Å². The first kappa shape index (κ1) is 14.7. The lowest BCUT2D eigenvalue weighted by atomic mass is 10.1. The summed E-state index contributed by atoms with van der Waals surface area (Å²) < 4.78 is 16.4. The van der Waals surface area contributed by atoms with E-state index in [0.29, 0.717) is 30.9 Å². The van der Waals surface area contributed by atoms with Crippen LogP contribution in [0, 0.1) is 0 Å². The lowest BCUT2D eigenvalue weighted by Gasteiger charge is -2.15. The fourth-order valence-electron chi connectivity index (χ4n) is 2.24. The van der Waals surface area contributed by atoms with Crippen LogP contribution in [0.2, 0.25) is 0 Å². The number of aryl methyl sites for hydroxylation is 1. The predicted molar refractivity (Wildman–Crippen MR) is 73.4 cm³/mol. The normalized spacial score (nSPS) is 21.7. The van der Waals surface area contributed by atoms with Crippen molar-refractivity contribution in [1.29, 1.82) is 0 Å². The highest BCUT2D eigenvalue weighted by Gasteiger charge is 2.30. The molecule has 1 aliphatic heterocycles. The lowest BCUT2D eigenvalue weighted by Crippen LogP contribution is -2.23. The van der Waals surface area contributed by atoms with Crippen LogP contribution in [0.1, 0.15) is 25.3 Å². The van der Waals surface area contributed by atoms with Crippen LogP contribution in [0.3, 0.4) is 0 Å². The largest absolute Gasteiger partial charge is 0.493 e. The zero-order valence-electron chi connectivity index (χ0n) is 11.8. The van der Waals surface area contributed by atoms with Crippen LogP contribution < -0.4 is 9.47 Å². The summed E-state index contributed by atoms with van der Waals surface area (Å²) in [6.07, 6.45) is 1.30. The maximum atomic E-state index is 10.8. The molecule has 0 aromatic heterocycles. The fraction of sp³-hybridized carbons (Fsp3) is 0.533. The van der Waals surface area contributed by atoms with Crippen LogP contribution in [-0.4, -0.2) is 37.0 Å². The molecule has 1 saturated heterocycles. The molecule has 0 bridgehead atoms. The summed E-state index contributed by atoms with van der Waals surface area (Å²) in [5.41, 5.74) is 1.18. The van der Waals surface area contributed by atoms with E-state index in [9.17, 15) is 4.79 Å². The molecule has 0 aliphatic carbocycles. The van der Waals surface area contributed by atoms with Crippen LogP contribution in [0.4, 0.5) is 0 Å². The van der Waals surface area contributed by atoms with E-state index in [2.05, 4.69) is 6.92 Å². The number of carboxylic acids is 1. The maximum absolute atomic E-state index is 10.8. The van der Waals surface area contributed by atoms with Crippen molar-refractivity contribution < 1.29 is 24.1 Å². The van der Waals surface area contributed by atoms with Gasteiger partial charge in [-0.15, -0.1) is 0 Å². The van der Waals surface area contributed by atoms with Crippen LogP contribution >= 0.6 is 0 Å². The van der Waals surface area contributed by atoms with Gasteiger partial charge in [0.1, 0.15) is 6.61 Å². The Morgan fingerprint density at radius 3 is 2.80 bits per heavy atom. The fourth-order valence-corrected chi connectivity index (χ4v) is 2.24. The minimum atomic E-state index is -0.905. The Morgan fingerprint density at radius 2 is 2.20 bits per heavy atom. The number of hydrogen-bond donors (Lipinski definition) is 1. The maximum Gasteiger partial charge on any atom is 0.332 e. The molecule has 1 N–H and O–H groups in total. The van der Waals surface area contributed by atoms with E-state index in [1.807, 2.05) is 18.2 Å². The van der Waals surface area contributed by atoms with Gasteiger partial charge in [0.25, 0.3) is 0 Å². The second-order valence-corrected chi connectivity index (χ2v) is 4.81. The highest BCUT2D eigenvalue weighted by atomic mass is 16.6. The molecule has 1 aromatic rings. The number of carbonyl (C=O) groups is 1. The molecule has 1 fully saturated rings. The highest BCUT2D eigenvalue weighted by Crippen LogP contribution is 2.29. The number of methoxy groups -OCH3 is 1. The molecule has 5 heteroatoms. The third-order valence-corrected chi connectivity index (χ3v) is 3.44. The van der Waals surface area contributed by atoms with Gasteiger partial charge in [0.15, 0.2) is 17.6 Å². The summed E-state index contributed by atoms with van der Waals surface area (Å²) >= 11 is 0. The van der Waals surface area contributed by atoms with Gasteiger partial charge in [-0.3, -0.25) is 0 Å². The molecule has 2 atom stereocenters. The number of benzene rings is 1. The molecule has 0 radical (unpaired) electrons. The van der Waals surface area contributed by atoms with E-state index in [0.717, 1.165) is 6.42 Å². The van der Waals surface area contributed by atoms with Gasteiger partial charge in [-0.25, -0.2) is 4.79 Å². The van der Waals surface area contributed by atoms with E-state index < -0.39 is 12.1 Å². The Hall–Kier alpha value is -1.75. The van der Waals surface area contributed by atoms with Gasteiger partial charge in [0, 0.05) is 0 Å². The van der Waals surface area contributed by atoms with Gasteiger partial charge < -0.3 is 19.3 Å². The molecule has 2 unspecified atom stereocenters. The second kappa shape index (κ2) is 6.61. The van der Waals surface area contributed by atoms with Gasteiger partial charge in [0.2, 0.25) is 0 Å². The minimum Gasteiger partial charge on any atom is -0.493 e. The standard InChI is InChI=1S/C15H20O5/c1-3-10-4-6-12(14(8-10)18-2)19-9-11-5-7-13(20-11)15(16)17/h4,6,8,11,13H,3,5,7,9H2,1-2H3,(H,16,17). The molecule has 5 nitrogen and oxygen atoms in total. The van der Waals surface area contributed by atoms with E-state index >= 15 is 0 Å². The predicted octanol–water partition coefficient (Wildman–Crippen LogP) is 2.27. The Balaban J connectivity index is 1.93. The molecule has 110 valence electrons. The molecule has 0 saturated carbocycles. The molecular formula is C15H20O5. The Bertz CT molecular complexity index is 471. The van der Waals surface area contributed by atoms with Gasteiger partial charge in [-0.05, 0) is 37.0 Å². The van der Waals surface area contributed by atoms with E-state index in [1.165, 1.54) is 5.56 Å². The summed E-state index contributed by atoms with van der Waals surface area (Å²) in [5.74, 6) is 0.446. The van der Waals surface area contributed by atoms with Gasteiger partial charge in [-0.2, -0.15) is 0 Å². The number of aliphatic carboxylic acids is 1. The van der Waals surface area contributed by atoms with Gasteiger partial charge >= 0.3 is 5.97 Å². The van der Waals surface area contributed by atoms with Crippen LogP contribution in [0.25, 0.3) is 0 Å². The van der Waals surface area contributed by atoms with Crippen molar-refractivity contribution in [2.24, 2.45) is 0 Å².